The number of methoxy groups -OCH3 is 1. The number of hydrogen-bond donors (Lipinski definition) is 0. The number of nitrogens with zero attached hydrogens (tertiary/aromatic N) is 1. The molecule has 0 saturated heterocycles. The molecule has 4 heteroatoms. The Hall–Kier alpha value is -1.22. The van der Waals surface area contributed by atoms with Gasteiger partial charge in [-0.3, -0.25) is 0 Å². The number of hydrogen-bond acceptors (Lipinski definition) is 2. The van der Waals surface area contributed by atoms with Crippen molar-refractivity contribution in [3.63, 3.8) is 0 Å². The lowest BCUT2D eigenvalue weighted by Crippen LogP contribution is -2.35. The lowest BCUT2D eigenvalue weighted by atomic mass is 9.76. The Bertz CT molecular complexity index is 715. The number of halogens is 2. The fraction of sp³-hybridized carbons (Fsp3) is 0.368. The van der Waals surface area contributed by atoms with E-state index in [1.165, 1.54) is 16.7 Å². The molecule has 0 N–H and O–H groups in total. The van der Waals surface area contributed by atoms with Gasteiger partial charge in [0.2, 0.25) is 0 Å². The molecule has 0 amide bonds. The first-order valence-corrected chi connectivity index (χ1v) is 8.53. The van der Waals surface area contributed by atoms with Crippen molar-refractivity contribution in [1.82, 2.24) is 4.90 Å². The highest BCUT2D eigenvalue weighted by Gasteiger charge is 2.29. The van der Waals surface area contributed by atoms with Crippen LogP contribution >= 0.6 is 23.2 Å². The van der Waals surface area contributed by atoms with Gasteiger partial charge in [-0.15, -0.1) is 0 Å². The molecule has 3 rings (SSSR count). The van der Waals surface area contributed by atoms with Crippen molar-refractivity contribution < 1.29 is 4.74 Å². The Morgan fingerprint density at radius 2 is 1.83 bits per heavy atom. The van der Waals surface area contributed by atoms with Crippen molar-refractivity contribution in [3.05, 3.63) is 63.1 Å². The van der Waals surface area contributed by atoms with E-state index < -0.39 is 0 Å². The fourth-order valence-corrected chi connectivity index (χ4v) is 3.69. The SMILES string of the molecule is COc1ccc2c(c1)C(c1ccc(Cl)c(Cl)c1)CC(N(C)C)C2. The van der Waals surface area contributed by atoms with Gasteiger partial charge in [-0.25, -0.2) is 0 Å². The van der Waals surface area contributed by atoms with Crippen molar-refractivity contribution in [3.8, 4) is 5.75 Å². The highest BCUT2D eigenvalue weighted by molar-refractivity contribution is 6.42. The van der Waals surface area contributed by atoms with Crippen LogP contribution < -0.4 is 4.74 Å². The van der Waals surface area contributed by atoms with E-state index in [4.69, 9.17) is 27.9 Å². The van der Waals surface area contributed by atoms with Crippen molar-refractivity contribution in [2.24, 2.45) is 0 Å². The third-order valence-corrected chi connectivity index (χ3v) is 5.51. The summed E-state index contributed by atoms with van der Waals surface area (Å²) in [6, 6.07) is 12.9. The molecule has 122 valence electrons. The molecule has 0 aromatic heterocycles. The van der Waals surface area contributed by atoms with Gasteiger partial charge in [0.15, 0.2) is 0 Å². The van der Waals surface area contributed by atoms with Gasteiger partial charge in [0, 0.05) is 12.0 Å². The summed E-state index contributed by atoms with van der Waals surface area (Å²) >= 11 is 12.3. The van der Waals surface area contributed by atoms with E-state index >= 15 is 0 Å². The van der Waals surface area contributed by atoms with Crippen molar-refractivity contribution in [2.75, 3.05) is 21.2 Å². The van der Waals surface area contributed by atoms with E-state index in [1.807, 2.05) is 18.2 Å². The lowest BCUT2D eigenvalue weighted by Gasteiger charge is -2.36. The van der Waals surface area contributed by atoms with Crippen molar-refractivity contribution >= 4 is 23.2 Å². The summed E-state index contributed by atoms with van der Waals surface area (Å²) in [5.41, 5.74) is 3.92. The van der Waals surface area contributed by atoms with Crippen LogP contribution in [0.2, 0.25) is 10.0 Å². The molecule has 2 aromatic carbocycles. The molecule has 2 unspecified atom stereocenters. The summed E-state index contributed by atoms with van der Waals surface area (Å²) in [7, 11) is 6.00. The molecule has 23 heavy (non-hydrogen) atoms. The fourth-order valence-electron chi connectivity index (χ4n) is 3.38. The summed E-state index contributed by atoms with van der Waals surface area (Å²) in [5, 5.41) is 1.21. The summed E-state index contributed by atoms with van der Waals surface area (Å²) in [5.74, 6) is 1.20. The monoisotopic (exact) mass is 349 g/mol. The molecule has 0 radical (unpaired) electrons. The lowest BCUT2D eigenvalue weighted by molar-refractivity contribution is 0.258. The Kier molecular flexibility index (Phi) is 4.86. The second-order valence-corrected chi connectivity index (χ2v) is 7.16. The standard InChI is InChI=1S/C19H21Cl2NO/c1-22(2)14-8-12-4-6-15(23-3)11-17(12)16(10-14)13-5-7-18(20)19(21)9-13/h4-7,9,11,14,16H,8,10H2,1-3H3. The van der Waals surface area contributed by atoms with Gasteiger partial charge < -0.3 is 9.64 Å². The first kappa shape index (κ1) is 16.6. The molecule has 0 spiro atoms. The van der Waals surface area contributed by atoms with Crippen LogP contribution in [0.5, 0.6) is 5.75 Å². The Morgan fingerprint density at radius 3 is 2.48 bits per heavy atom. The van der Waals surface area contributed by atoms with Crippen LogP contribution in [0.3, 0.4) is 0 Å². The zero-order valence-corrected chi connectivity index (χ0v) is 15.2. The molecule has 0 heterocycles. The maximum atomic E-state index is 6.25. The molecular weight excluding hydrogens is 329 g/mol. The highest BCUT2D eigenvalue weighted by atomic mass is 35.5. The van der Waals surface area contributed by atoms with Gasteiger partial charge in [-0.05, 0) is 67.9 Å². The molecule has 2 nitrogen and oxygen atoms in total. The molecule has 1 aliphatic carbocycles. The summed E-state index contributed by atoms with van der Waals surface area (Å²) in [6.07, 6.45) is 2.12. The average Bonchev–Trinajstić information content (AvgIpc) is 2.55. The zero-order chi connectivity index (χ0) is 16.6. The number of fused-ring (bicyclic) bond motifs is 1. The number of benzene rings is 2. The van der Waals surface area contributed by atoms with Crippen LogP contribution in [0.15, 0.2) is 36.4 Å². The van der Waals surface area contributed by atoms with Gasteiger partial charge in [0.05, 0.1) is 17.2 Å². The molecule has 2 aromatic rings. The predicted molar refractivity (Wildman–Crippen MR) is 97.1 cm³/mol. The van der Waals surface area contributed by atoms with E-state index in [1.54, 1.807) is 7.11 Å². The van der Waals surface area contributed by atoms with Crippen LogP contribution in [0.1, 0.15) is 29.0 Å². The van der Waals surface area contributed by atoms with Gasteiger partial charge in [0.25, 0.3) is 0 Å². The highest BCUT2D eigenvalue weighted by Crippen LogP contribution is 2.41. The minimum absolute atomic E-state index is 0.302. The topological polar surface area (TPSA) is 12.5 Å². The Balaban J connectivity index is 2.08. The van der Waals surface area contributed by atoms with E-state index in [0.29, 0.717) is 22.0 Å². The predicted octanol–water partition coefficient (Wildman–Crippen LogP) is 5.01. The maximum Gasteiger partial charge on any atom is 0.119 e. The molecule has 0 bridgehead atoms. The van der Waals surface area contributed by atoms with Crippen LogP contribution in [0.25, 0.3) is 0 Å². The van der Waals surface area contributed by atoms with Crippen molar-refractivity contribution in [2.45, 2.75) is 24.8 Å². The number of likely N-dealkylation sites (N-methyl/N-ethyl adjacent to an activating group) is 1. The zero-order valence-electron chi connectivity index (χ0n) is 13.6. The molecule has 0 saturated carbocycles. The smallest absolute Gasteiger partial charge is 0.119 e. The molecule has 0 fully saturated rings. The van der Waals surface area contributed by atoms with Crippen molar-refractivity contribution in [1.29, 1.82) is 0 Å². The Labute approximate surface area is 148 Å². The molecule has 2 atom stereocenters. The third-order valence-electron chi connectivity index (χ3n) is 4.77. The van der Waals surface area contributed by atoms with Gasteiger partial charge in [-0.2, -0.15) is 0 Å². The van der Waals surface area contributed by atoms with Gasteiger partial charge in [-0.1, -0.05) is 35.3 Å². The first-order valence-electron chi connectivity index (χ1n) is 7.77. The van der Waals surface area contributed by atoms with E-state index in [-0.39, 0.29) is 0 Å². The molecule has 0 aliphatic heterocycles. The second kappa shape index (κ2) is 6.72. The average molecular weight is 350 g/mol. The third kappa shape index (κ3) is 3.35. The first-order chi connectivity index (χ1) is 11.0. The normalized spacial score (nSPS) is 20.4. The van der Waals surface area contributed by atoms with Gasteiger partial charge >= 0.3 is 0 Å². The van der Waals surface area contributed by atoms with E-state index in [0.717, 1.165) is 18.6 Å². The minimum atomic E-state index is 0.302. The second-order valence-electron chi connectivity index (χ2n) is 6.35. The summed E-state index contributed by atoms with van der Waals surface area (Å²) in [4.78, 5) is 2.30. The van der Waals surface area contributed by atoms with Crippen LogP contribution in [-0.2, 0) is 6.42 Å². The van der Waals surface area contributed by atoms with E-state index in [9.17, 15) is 0 Å². The maximum absolute atomic E-state index is 6.25. The van der Waals surface area contributed by atoms with Crippen LogP contribution in [-0.4, -0.2) is 32.1 Å². The molecular formula is C19H21Cl2NO. The minimum Gasteiger partial charge on any atom is -0.497 e. The quantitative estimate of drug-likeness (QED) is 0.772. The van der Waals surface area contributed by atoms with E-state index in [2.05, 4.69) is 37.2 Å². The van der Waals surface area contributed by atoms with Crippen LogP contribution in [0.4, 0.5) is 0 Å². The van der Waals surface area contributed by atoms with Crippen LogP contribution in [0, 0.1) is 0 Å². The summed E-state index contributed by atoms with van der Waals surface area (Å²) in [6.45, 7) is 0. The number of rotatable bonds is 3. The summed E-state index contributed by atoms with van der Waals surface area (Å²) < 4.78 is 5.42. The molecule has 1 aliphatic rings. The Morgan fingerprint density at radius 1 is 1.04 bits per heavy atom. The largest absolute Gasteiger partial charge is 0.497 e. The number of ether oxygens (including phenoxy) is 1. The van der Waals surface area contributed by atoms with Gasteiger partial charge in [0.1, 0.15) is 5.75 Å².